The molecule has 1 N–H and O–H groups in total. The van der Waals surface area contributed by atoms with Crippen molar-refractivity contribution in [1.29, 1.82) is 0 Å². The highest BCUT2D eigenvalue weighted by Crippen LogP contribution is 2.25. The lowest BCUT2D eigenvalue weighted by molar-refractivity contribution is -0.115. The number of rotatable bonds is 5. The lowest BCUT2D eigenvalue weighted by Gasteiger charge is -2.05. The van der Waals surface area contributed by atoms with E-state index in [4.69, 9.17) is 11.6 Å². The highest BCUT2D eigenvalue weighted by molar-refractivity contribution is 7.15. The quantitative estimate of drug-likeness (QED) is 0.466. The normalized spacial score (nSPS) is 10.9. The number of amides is 1. The first-order valence-corrected chi connectivity index (χ1v) is 9.87. The van der Waals surface area contributed by atoms with Crippen LogP contribution in [0, 0.1) is 0 Å². The van der Waals surface area contributed by atoms with E-state index in [-0.39, 0.29) is 18.1 Å². The zero-order chi connectivity index (χ0) is 19.7. The number of Topliss-reactive ketones (excluding diaryl/α,β-unsaturated/α-hetero) is 1. The Morgan fingerprint density at radius 3 is 2.50 bits per heavy atom. The van der Waals surface area contributed by atoms with Crippen molar-refractivity contribution >= 4 is 45.3 Å². The molecule has 0 saturated heterocycles. The van der Waals surface area contributed by atoms with Gasteiger partial charge in [-0.15, -0.1) is 11.3 Å². The number of fused-ring (bicyclic) bond motifs is 1. The highest BCUT2D eigenvalue weighted by Gasteiger charge is 2.13. The Morgan fingerprint density at radius 2 is 1.82 bits per heavy atom. The maximum atomic E-state index is 12.4. The van der Waals surface area contributed by atoms with Crippen molar-refractivity contribution in [3.05, 3.63) is 76.4 Å². The van der Waals surface area contributed by atoms with Crippen LogP contribution < -0.4 is 5.32 Å². The lowest BCUT2D eigenvalue weighted by Crippen LogP contribution is -2.15. The van der Waals surface area contributed by atoms with Gasteiger partial charge in [-0.1, -0.05) is 23.7 Å². The number of nitrogens with zero attached hydrogens (tertiary/aromatic N) is 2. The summed E-state index contributed by atoms with van der Waals surface area (Å²) < 4.78 is 1.94. The van der Waals surface area contributed by atoms with Crippen LogP contribution >= 0.6 is 22.9 Å². The number of ketones is 1. The minimum atomic E-state index is -0.128. The first-order chi connectivity index (χ1) is 13.5. The molecule has 0 aliphatic rings. The molecule has 4 rings (SSSR count). The average Bonchev–Trinajstić information content (AvgIpc) is 3.25. The number of thiazole rings is 1. The third kappa shape index (κ3) is 3.83. The zero-order valence-corrected chi connectivity index (χ0v) is 16.6. The maximum Gasteiger partial charge on any atom is 0.230 e. The summed E-state index contributed by atoms with van der Waals surface area (Å²) in [5, 5.41) is 5.48. The summed E-state index contributed by atoms with van der Waals surface area (Å²) >= 11 is 7.44. The molecule has 2 aromatic heterocycles. The van der Waals surface area contributed by atoms with Gasteiger partial charge in [0.25, 0.3) is 0 Å². The van der Waals surface area contributed by atoms with Gasteiger partial charge in [-0.05, 0) is 43.3 Å². The lowest BCUT2D eigenvalue weighted by atomic mass is 10.1. The van der Waals surface area contributed by atoms with E-state index in [0.29, 0.717) is 16.3 Å². The Bertz CT molecular complexity index is 1160. The van der Waals surface area contributed by atoms with Crippen LogP contribution in [0.2, 0.25) is 5.02 Å². The number of anilines is 1. The Kier molecular flexibility index (Phi) is 4.98. The van der Waals surface area contributed by atoms with Gasteiger partial charge in [0.2, 0.25) is 5.91 Å². The minimum absolute atomic E-state index is 0.00450. The molecular formula is C21H16ClN3O2S. The van der Waals surface area contributed by atoms with E-state index in [0.717, 1.165) is 21.9 Å². The number of carbonyl (C=O) groups is 2. The molecule has 140 valence electrons. The maximum absolute atomic E-state index is 12.4. The van der Waals surface area contributed by atoms with Gasteiger partial charge in [0, 0.05) is 39.1 Å². The fourth-order valence-corrected chi connectivity index (χ4v) is 3.87. The standard InChI is InChI=1S/C21H16ClN3O2S/c1-13(26)14-4-8-17(9-5-14)23-20(27)10-18-12-28-21-24-19(11-25(18)21)15-2-6-16(22)7-3-15/h2-9,11-12H,10H2,1H3,(H,23,27). The van der Waals surface area contributed by atoms with Gasteiger partial charge in [0.15, 0.2) is 10.7 Å². The molecule has 5 nitrogen and oxygen atoms in total. The molecule has 0 spiro atoms. The summed E-state index contributed by atoms with van der Waals surface area (Å²) in [5.74, 6) is -0.132. The molecular weight excluding hydrogens is 394 g/mol. The summed E-state index contributed by atoms with van der Waals surface area (Å²) in [6, 6.07) is 14.4. The first kappa shape index (κ1) is 18.4. The van der Waals surface area contributed by atoms with Crippen LogP contribution in [0.1, 0.15) is 23.0 Å². The number of nitrogens with one attached hydrogen (secondary N) is 1. The van der Waals surface area contributed by atoms with Gasteiger partial charge < -0.3 is 5.32 Å². The number of hydrogen-bond acceptors (Lipinski definition) is 4. The third-order valence-electron chi connectivity index (χ3n) is 4.34. The average molecular weight is 410 g/mol. The molecule has 0 aliphatic heterocycles. The predicted octanol–water partition coefficient (Wildman–Crippen LogP) is 5.10. The minimum Gasteiger partial charge on any atom is -0.326 e. The van der Waals surface area contributed by atoms with Crippen LogP contribution in [0.25, 0.3) is 16.2 Å². The summed E-state index contributed by atoms with van der Waals surface area (Å²) in [4.78, 5) is 29.2. The monoisotopic (exact) mass is 409 g/mol. The Labute approximate surface area is 170 Å². The third-order valence-corrected chi connectivity index (χ3v) is 5.48. The van der Waals surface area contributed by atoms with Crippen molar-refractivity contribution in [1.82, 2.24) is 9.38 Å². The van der Waals surface area contributed by atoms with Crippen molar-refractivity contribution in [2.75, 3.05) is 5.32 Å². The van der Waals surface area contributed by atoms with Crippen molar-refractivity contribution < 1.29 is 9.59 Å². The molecule has 1 amide bonds. The molecule has 7 heteroatoms. The molecule has 0 bridgehead atoms. The molecule has 0 aliphatic carbocycles. The summed E-state index contributed by atoms with van der Waals surface area (Å²) in [7, 11) is 0. The molecule has 0 saturated carbocycles. The second-order valence-electron chi connectivity index (χ2n) is 6.37. The summed E-state index contributed by atoms with van der Waals surface area (Å²) in [6.45, 7) is 1.51. The van der Waals surface area contributed by atoms with Gasteiger partial charge in [-0.25, -0.2) is 4.98 Å². The van der Waals surface area contributed by atoms with Gasteiger partial charge >= 0.3 is 0 Å². The zero-order valence-electron chi connectivity index (χ0n) is 15.0. The molecule has 0 atom stereocenters. The first-order valence-electron chi connectivity index (χ1n) is 8.62. The van der Waals surface area contributed by atoms with E-state index < -0.39 is 0 Å². The van der Waals surface area contributed by atoms with Gasteiger partial charge in [-0.2, -0.15) is 0 Å². The van der Waals surface area contributed by atoms with E-state index >= 15 is 0 Å². The largest absolute Gasteiger partial charge is 0.326 e. The van der Waals surface area contributed by atoms with Crippen LogP contribution in [-0.4, -0.2) is 21.1 Å². The van der Waals surface area contributed by atoms with Gasteiger partial charge in [0.05, 0.1) is 12.1 Å². The summed E-state index contributed by atoms with van der Waals surface area (Å²) in [5.41, 5.74) is 3.96. The number of carbonyl (C=O) groups excluding carboxylic acids is 2. The Balaban J connectivity index is 1.50. The molecule has 4 aromatic rings. The number of halogens is 1. The molecule has 0 radical (unpaired) electrons. The molecule has 28 heavy (non-hydrogen) atoms. The fourth-order valence-electron chi connectivity index (χ4n) is 2.87. The van der Waals surface area contributed by atoms with Crippen LogP contribution in [-0.2, 0) is 11.2 Å². The van der Waals surface area contributed by atoms with Crippen molar-refractivity contribution in [3.63, 3.8) is 0 Å². The van der Waals surface area contributed by atoms with Crippen LogP contribution in [0.3, 0.4) is 0 Å². The number of benzene rings is 2. The number of aromatic nitrogens is 2. The van der Waals surface area contributed by atoms with Crippen molar-refractivity contribution in [2.24, 2.45) is 0 Å². The van der Waals surface area contributed by atoms with E-state index in [9.17, 15) is 9.59 Å². The van der Waals surface area contributed by atoms with E-state index in [1.54, 1.807) is 24.3 Å². The Morgan fingerprint density at radius 1 is 1.11 bits per heavy atom. The molecule has 0 fully saturated rings. The van der Waals surface area contributed by atoms with Crippen LogP contribution in [0.5, 0.6) is 0 Å². The van der Waals surface area contributed by atoms with Crippen LogP contribution in [0.15, 0.2) is 60.1 Å². The van der Waals surface area contributed by atoms with E-state index in [1.807, 2.05) is 40.2 Å². The number of hydrogen-bond donors (Lipinski definition) is 1. The molecule has 0 unspecified atom stereocenters. The molecule has 2 heterocycles. The van der Waals surface area contributed by atoms with E-state index in [2.05, 4.69) is 10.3 Å². The highest BCUT2D eigenvalue weighted by atomic mass is 35.5. The SMILES string of the molecule is CC(=O)c1ccc(NC(=O)Cc2csc3nc(-c4ccc(Cl)cc4)cn23)cc1. The predicted molar refractivity (Wildman–Crippen MR) is 112 cm³/mol. The van der Waals surface area contributed by atoms with Gasteiger partial charge in [0.1, 0.15) is 0 Å². The van der Waals surface area contributed by atoms with Crippen molar-refractivity contribution in [2.45, 2.75) is 13.3 Å². The van der Waals surface area contributed by atoms with Gasteiger partial charge in [-0.3, -0.25) is 14.0 Å². The second kappa shape index (κ2) is 7.58. The second-order valence-corrected chi connectivity index (χ2v) is 7.64. The number of imidazole rings is 1. The fraction of sp³-hybridized carbons (Fsp3) is 0.0952. The molecule has 2 aromatic carbocycles. The van der Waals surface area contributed by atoms with Crippen molar-refractivity contribution in [3.8, 4) is 11.3 Å². The van der Waals surface area contributed by atoms with E-state index in [1.165, 1.54) is 18.3 Å². The Hall–Kier alpha value is -2.96. The van der Waals surface area contributed by atoms with Crippen LogP contribution in [0.4, 0.5) is 5.69 Å². The summed E-state index contributed by atoms with van der Waals surface area (Å²) in [6.07, 6.45) is 2.16. The smallest absolute Gasteiger partial charge is 0.230 e. The topological polar surface area (TPSA) is 63.5 Å².